The Morgan fingerprint density at radius 3 is 2.45 bits per heavy atom. The third kappa shape index (κ3) is 3.35. The second-order valence-electron chi connectivity index (χ2n) is 4.14. The maximum Gasteiger partial charge on any atom is 0.277 e. The van der Waals surface area contributed by atoms with E-state index in [0.29, 0.717) is 4.09 Å². The zero-order chi connectivity index (χ0) is 16.7. The number of halogens is 4. The number of nitrogens with zero attached hydrogens (tertiary/aromatic N) is 2. The van der Waals surface area contributed by atoms with Gasteiger partial charge in [0.2, 0.25) is 0 Å². The third-order valence-corrected chi connectivity index (χ3v) is 4.57. The summed E-state index contributed by atoms with van der Waals surface area (Å²) in [5.41, 5.74) is -0.299. The minimum absolute atomic E-state index is 0.0434. The number of aromatic nitrogens is 2. The van der Waals surface area contributed by atoms with E-state index in [2.05, 4.69) is 10.4 Å². The monoisotopic (exact) mass is 385 g/mol. The third-order valence-electron chi connectivity index (χ3n) is 2.46. The Labute approximate surface area is 139 Å². The van der Waals surface area contributed by atoms with E-state index in [1.165, 1.54) is 6.07 Å². The van der Waals surface area contributed by atoms with Crippen LogP contribution in [0.15, 0.2) is 18.2 Å². The normalized spacial score (nSPS) is 11.5. The number of hydrogen-bond donors (Lipinski definition) is 1. The highest BCUT2D eigenvalue weighted by molar-refractivity contribution is 7.89. The van der Waals surface area contributed by atoms with E-state index in [9.17, 15) is 17.6 Å². The van der Waals surface area contributed by atoms with Crippen LogP contribution < -0.4 is 5.32 Å². The van der Waals surface area contributed by atoms with Crippen LogP contribution in [0.1, 0.15) is 10.5 Å². The van der Waals surface area contributed by atoms with Gasteiger partial charge in [-0.3, -0.25) is 4.79 Å². The number of benzene rings is 1. The van der Waals surface area contributed by atoms with Crippen molar-refractivity contribution in [3.05, 3.63) is 44.9 Å². The Balaban J connectivity index is 2.38. The zero-order valence-corrected chi connectivity index (χ0v) is 13.9. The summed E-state index contributed by atoms with van der Waals surface area (Å²) in [5, 5.41) is 5.10. The molecule has 0 saturated heterocycles. The summed E-state index contributed by atoms with van der Waals surface area (Å²) in [6, 6.07) is 3.32. The fourth-order valence-electron chi connectivity index (χ4n) is 1.50. The van der Waals surface area contributed by atoms with Crippen LogP contribution in [-0.2, 0) is 10.0 Å². The molecule has 0 radical (unpaired) electrons. The Hall–Kier alpha value is -1.35. The highest BCUT2D eigenvalue weighted by Crippen LogP contribution is 2.28. The van der Waals surface area contributed by atoms with Gasteiger partial charge in [-0.1, -0.05) is 34.8 Å². The molecule has 0 spiro atoms. The van der Waals surface area contributed by atoms with Gasteiger partial charge in [-0.15, -0.1) is 9.19 Å². The summed E-state index contributed by atoms with van der Waals surface area (Å²) in [5.74, 6) is -1.42. The first kappa shape index (κ1) is 17.0. The highest BCUT2D eigenvalue weighted by atomic mass is 35.5. The lowest BCUT2D eigenvalue weighted by Crippen LogP contribution is -2.16. The van der Waals surface area contributed by atoms with E-state index >= 15 is 0 Å². The Morgan fingerprint density at radius 2 is 1.95 bits per heavy atom. The topological polar surface area (TPSA) is 81.1 Å². The van der Waals surface area contributed by atoms with Crippen LogP contribution in [-0.4, -0.2) is 29.8 Å². The molecule has 1 N–H and O–H groups in total. The van der Waals surface area contributed by atoms with E-state index in [0.717, 1.165) is 18.4 Å². The number of carbonyl (C=O) groups is 1. The molecular formula is C11H7Cl3FN3O3S. The van der Waals surface area contributed by atoms with Crippen molar-refractivity contribution in [1.82, 2.24) is 9.19 Å². The smallest absolute Gasteiger partial charge is 0.277 e. The molecule has 0 atom stereocenters. The van der Waals surface area contributed by atoms with E-state index in [-0.39, 0.29) is 15.7 Å². The van der Waals surface area contributed by atoms with Crippen molar-refractivity contribution in [2.75, 3.05) is 11.6 Å². The van der Waals surface area contributed by atoms with Crippen molar-refractivity contribution in [3.63, 3.8) is 0 Å². The lowest BCUT2D eigenvalue weighted by atomic mass is 10.3. The lowest BCUT2D eigenvalue weighted by Gasteiger charge is -2.05. The molecule has 118 valence electrons. The minimum atomic E-state index is -3.82. The summed E-state index contributed by atoms with van der Waals surface area (Å²) < 4.78 is 36.3. The molecule has 0 bridgehead atoms. The summed E-state index contributed by atoms with van der Waals surface area (Å²) in [6.45, 7) is 0. The summed E-state index contributed by atoms with van der Waals surface area (Å²) in [6.07, 6.45) is 0.848. The van der Waals surface area contributed by atoms with Crippen LogP contribution in [0.4, 0.5) is 10.1 Å². The van der Waals surface area contributed by atoms with Crippen molar-refractivity contribution in [2.45, 2.75) is 0 Å². The van der Waals surface area contributed by atoms with Crippen molar-refractivity contribution in [3.8, 4) is 0 Å². The zero-order valence-electron chi connectivity index (χ0n) is 10.8. The molecule has 2 rings (SSSR count). The molecule has 0 unspecified atom stereocenters. The largest absolute Gasteiger partial charge is 0.319 e. The van der Waals surface area contributed by atoms with Crippen molar-refractivity contribution >= 4 is 56.4 Å². The number of nitrogens with one attached hydrogen (secondary N) is 1. The van der Waals surface area contributed by atoms with Gasteiger partial charge < -0.3 is 5.32 Å². The van der Waals surface area contributed by atoms with Gasteiger partial charge in [0, 0.05) is 0 Å². The van der Waals surface area contributed by atoms with E-state index in [1.54, 1.807) is 0 Å². The number of rotatable bonds is 3. The number of carbonyl (C=O) groups excluding carboxylic acids is 1. The molecule has 1 aromatic carbocycles. The first-order valence-corrected chi connectivity index (χ1v) is 8.50. The molecule has 0 aliphatic rings. The number of amides is 1. The van der Waals surface area contributed by atoms with Crippen LogP contribution in [0.2, 0.25) is 15.2 Å². The summed E-state index contributed by atoms with van der Waals surface area (Å²) in [4.78, 5) is 12.1. The minimum Gasteiger partial charge on any atom is -0.319 e. The van der Waals surface area contributed by atoms with Crippen LogP contribution in [0.5, 0.6) is 0 Å². The molecular weight excluding hydrogens is 380 g/mol. The van der Waals surface area contributed by atoms with Gasteiger partial charge in [0.15, 0.2) is 10.8 Å². The van der Waals surface area contributed by atoms with Crippen molar-refractivity contribution in [2.24, 2.45) is 0 Å². The maximum atomic E-state index is 12.9. The molecule has 11 heteroatoms. The Bertz CT molecular complexity index is 867. The molecule has 0 fully saturated rings. The van der Waals surface area contributed by atoms with E-state index in [4.69, 9.17) is 34.8 Å². The number of hydrogen-bond acceptors (Lipinski definition) is 4. The molecule has 2 aromatic rings. The maximum absolute atomic E-state index is 12.9. The van der Waals surface area contributed by atoms with Gasteiger partial charge in [0.25, 0.3) is 15.9 Å². The predicted molar refractivity (Wildman–Crippen MR) is 81.9 cm³/mol. The van der Waals surface area contributed by atoms with E-state index in [1.807, 2.05) is 0 Å². The van der Waals surface area contributed by atoms with Gasteiger partial charge in [0.1, 0.15) is 10.8 Å². The molecule has 1 amide bonds. The highest BCUT2D eigenvalue weighted by Gasteiger charge is 2.25. The fourth-order valence-corrected chi connectivity index (χ4v) is 3.08. The Kier molecular flexibility index (Phi) is 4.67. The van der Waals surface area contributed by atoms with E-state index < -0.39 is 32.6 Å². The second kappa shape index (κ2) is 6.04. The summed E-state index contributed by atoms with van der Waals surface area (Å²) >= 11 is 17.3. The quantitative estimate of drug-likeness (QED) is 0.879. The molecule has 22 heavy (non-hydrogen) atoms. The molecule has 0 aliphatic heterocycles. The van der Waals surface area contributed by atoms with Crippen LogP contribution >= 0.6 is 34.8 Å². The second-order valence-corrected chi connectivity index (χ2v) is 7.09. The first-order valence-electron chi connectivity index (χ1n) is 5.52. The number of anilines is 1. The van der Waals surface area contributed by atoms with Crippen molar-refractivity contribution in [1.29, 1.82) is 0 Å². The average Bonchev–Trinajstić information content (AvgIpc) is 2.69. The van der Waals surface area contributed by atoms with Gasteiger partial charge in [-0.25, -0.2) is 12.8 Å². The Morgan fingerprint density at radius 1 is 1.32 bits per heavy atom. The molecule has 6 nitrogen and oxygen atoms in total. The standard InChI is InChI=1S/C11H7Cl3FN3O3S/c1-22(20,21)18-10(14)8(13)9(17-18)11(19)16-7-3-2-5(15)4-6(7)12/h2-4H,1H3,(H,16,19). The van der Waals surface area contributed by atoms with Crippen LogP contribution in [0.3, 0.4) is 0 Å². The predicted octanol–water partition coefficient (Wildman–Crippen LogP) is 3.04. The first-order chi connectivity index (χ1) is 10.1. The summed E-state index contributed by atoms with van der Waals surface area (Å²) in [7, 11) is -3.82. The average molecular weight is 387 g/mol. The van der Waals surface area contributed by atoms with Gasteiger partial charge in [-0.2, -0.15) is 0 Å². The van der Waals surface area contributed by atoms with Crippen LogP contribution in [0, 0.1) is 5.82 Å². The van der Waals surface area contributed by atoms with Gasteiger partial charge in [0.05, 0.1) is 17.0 Å². The molecule has 0 saturated carbocycles. The molecule has 1 aromatic heterocycles. The SMILES string of the molecule is CS(=O)(=O)n1nc(C(=O)Nc2ccc(F)cc2Cl)c(Cl)c1Cl. The molecule has 1 heterocycles. The van der Waals surface area contributed by atoms with Gasteiger partial charge >= 0.3 is 0 Å². The van der Waals surface area contributed by atoms with Gasteiger partial charge in [-0.05, 0) is 18.2 Å². The fraction of sp³-hybridized carbons (Fsp3) is 0.0909. The van der Waals surface area contributed by atoms with Crippen LogP contribution in [0.25, 0.3) is 0 Å². The lowest BCUT2D eigenvalue weighted by molar-refractivity contribution is 0.102. The van der Waals surface area contributed by atoms with Crippen molar-refractivity contribution < 1.29 is 17.6 Å². The molecule has 0 aliphatic carbocycles.